The van der Waals surface area contributed by atoms with Gasteiger partial charge in [-0.05, 0) is 59.6 Å². The second-order valence-electron chi connectivity index (χ2n) is 10.3. The van der Waals surface area contributed by atoms with Gasteiger partial charge in [0.1, 0.15) is 0 Å². The normalized spacial score (nSPS) is 26.1. The molecule has 0 bridgehead atoms. The van der Waals surface area contributed by atoms with E-state index in [0.29, 0.717) is 23.7 Å². The van der Waals surface area contributed by atoms with Crippen LogP contribution in [-0.4, -0.2) is 31.4 Å². The lowest BCUT2D eigenvalue weighted by Crippen LogP contribution is -2.37. The Kier molecular flexibility index (Phi) is 12.3. The lowest BCUT2D eigenvalue weighted by Gasteiger charge is -2.32. The third-order valence-electron chi connectivity index (χ3n) is 7.79. The molecule has 1 aromatic heterocycles. The summed E-state index contributed by atoms with van der Waals surface area (Å²) in [5.41, 5.74) is 4.64. The van der Waals surface area contributed by atoms with Crippen molar-refractivity contribution in [3.63, 3.8) is 0 Å². The Morgan fingerprint density at radius 3 is 2.34 bits per heavy atom. The SMILES string of the molecule is CC.CCC1=C(C#N)CC=CC=C1.C[C@H]1COCCC1c1cc2c(c(C3CCOC[C@@H]3C)n1)=CCC=CC=2. The van der Waals surface area contributed by atoms with E-state index in [1.807, 2.05) is 38.2 Å². The number of hydrogen-bond acceptors (Lipinski definition) is 4. The third kappa shape index (κ3) is 7.65. The molecule has 0 saturated carbocycles. The first kappa shape index (κ1) is 29.8. The minimum Gasteiger partial charge on any atom is -0.381 e. The number of fused-ring (bicyclic) bond motifs is 1. The topological polar surface area (TPSA) is 55.1 Å². The van der Waals surface area contributed by atoms with Gasteiger partial charge in [-0.2, -0.15) is 5.26 Å². The quantitative estimate of drug-likeness (QED) is 0.454. The lowest BCUT2D eigenvalue weighted by molar-refractivity contribution is 0.0436. The molecular formula is C34H46N2O2. The Balaban J connectivity index is 0.000000259. The number of ether oxygens (including phenoxy) is 2. The van der Waals surface area contributed by atoms with Gasteiger partial charge in [-0.3, -0.25) is 4.98 Å². The first-order chi connectivity index (χ1) is 18.6. The van der Waals surface area contributed by atoms with Crippen LogP contribution >= 0.6 is 0 Å². The molecule has 204 valence electrons. The van der Waals surface area contributed by atoms with Crippen LogP contribution in [0.5, 0.6) is 0 Å². The molecule has 4 aliphatic rings. The summed E-state index contributed by atoms with van der Waals surface area (Å²) in [5, 5.41) is 11.4. The number of nitriles is 1. The van der Waals surface area contributed by atoms with E-state index in [1.165, 1.54) is 21.8 Å². The van der Waals surface area contributed by atoms with Crippen molar-refractivity contribution in [1.29, 1.82) is 5.26 Å². The molecule has 2 aliphatic carbocycles. The molecule has 0 radical (unpaired) electrons. The van der Waals surface area contributed by atoms with E-state index in [0.717, 1.165) is 69.7 Å². The molecule has 2 saturated heterocycles. The molecule has 2 fully saturated rings. The Hall–Kier alpha value is -2.74. The fourth-order valence-corrected chi connectivity index (χ4v) is 5.61. The number of pyridine rings is 1. The van der Waals surface area contributed by atoms with Gasteiger partial charge < -0.3 is 9.47 Å². The summed E-state index contributed by atoms with van der Waals surface area (Å²) >= 11 is 0. The minimum atomic E-state index is 0.500. The molecule has 0 aromatic carbocycles. The molecule has 2 aliphatic heterocycles. The number of rotatable bonds is 3. The van der Waals surface area contributed by atoms with E-state index >= 15 is 0 Å². The van der Waals surface area contributed by atoms with Crippen LogP contribution in [0, 0.1) is 23.2 Å². The van der Waals surface area contributed by atoms with Gasteiger partial charge in [0.25, 0.3) is 0 Å². The monoisotopic (exact) mass is 514 g/mol. The van der Waals surface area contributed by atoms with Crippen LogP contribution in [0.25, 0.3) is 12.2 Å². The highest BCUT2D eigenvalue weighted by molar-refractivity contribution is 5.46. The Bertz CT molecular complexity index is 1200. The van der Waals surface area contributed by atoms with E-state index in [4.69, 9.17) is 19.7 Å². The first-order valence-electron chi connectivity index (χ1n) is 14.6. The predicted molar refractivity (Wildman–Crippen MR) is 158 cm³/mol. The van der Waals surface area contributed by atoms with Crippen molar-refractivity contribution in [1.82, 2.24) is 4.98 Å². The van der Waals surface area contributed by atoms with Gasteiger partial charge in [0.05, 0.1) is 11.8 Å². The van der Waals surface area contributed by atoms with Gasteiger partial charge in [0, 0.05) is 56.0 Å². The molecule has 0 N–H and O–H groups in total. The van der Waals surface area contributed by atoms with Crippen molar-refractivity contribution in [3.8, 4) is 6.07 Å². The molecule has 5 rings (SSSR count). The Labute approximate surface area is 230 Å². The summed E-state index contributed by atoms with van der Waals surface area (Å²) in [4.78, 5) is 5.29. The number of nitrogens with zero attached hydrogens (tertiary/aromatic N) is 2. The van der Waals surface area contributed by atoms with Gasteiger partial charge in [0.2, 0.25) is 0 Å². The van der Waals surface area contributed by atoms with Gasteiger partial charge in [-0.25, -0.2) is 0 Å². The van der Waals surface area contributed by atoms with Gasteiger partial charge in [-0.15, -0.1) is 0 Å². The molecule has 4 heteroatoms. The highest BCUT2D eigenvalue weighted by Gasteiger charge is 2.29. The molecule has 0 spiro atoms. The molecule has 38 heavy (non-hydrogen) atoms. The second-order valence-corrected chi connectivity index (χ2v) is 10.3. The standard InChI is InChI=1S/C22H29NO2.C10H11N.C2H6/c1-15-13-24-10-8-18(15)21-12-17-6-4-3-5-7-20(17)22(23-21)19-9-11-25-14-16(19)2;1-2-9-6-4-3-5-7-10(9)8-11;1-2/h3-4,6-7,12,15-16,18-19H,5,8-11,13-14H2,1-2H3;3-6H,2,7H2,1H3;1-2H3/t15-,16-,18?,19?;;/m0../s1. The van der Waals surface area contributed by atoms with Gasteiger partial charge in [-0.1, -0.05) is 83.2 Å². The van der Waals surface area contributed by atoms with Crippen molar-refractivity contribution >= 4 is 12.2 Å². The zero-order chi connectivity index (χ0) is 27.3. The Morgan fingerprint density at radius 2 is 1.68 bits per heavy atom. The molecule has 4 atom stereocenters. The molecule has 1 aromatic rings. The average Bonchev–Trinajstić information content (AvgIpc) is 3.35. The Morgan fingerprint density at radius 1 is 0.974 bits per heavy atom. The van der Waals surface area contributed by atoms with Gasteiger partial charge >= 0.3 is 0 Å². The number of aromatic nitrogens is 1. The molecular weight excluding hydrogens is 468 g/mol. The van der Waals surface area contributed by atoms with Crippen LogP contribution in [0.1, 0.15) is 89.9 Å². The summed E-state index contributed by atoms with van der Waals surface area (Å²) in [6.07, 6.45) is 21.9. The van der Waals surface area contributed by atoms with Crippen molar-refractivity contribution < 1.29 is 9.47 Å². The fourth-order valence-electron chi connectivity index (χ4n) is 5.61. The van der Waals surface area contributed by atoms with Crippen LogP contribution in [0.3, 0.4) is 0 Å². The molecule has 0 amide bonds. The maximum Gasteiger partial charge on any atom is 0.0953 e. The van der Waals surface area contributed by atoms with Crippen LogP contribution in [0.4, 0.5) is 0 Å². The molecule has 2 unspecified atom stereocenters. The number of hydrogen-bond donors (Lipinski definition) is 0. The van der Waals surface area contributed by atoms with Gasteiger partial charge in [0.15, 0.2) is 0 Å². The van der Waals surface area contributed by atoms with Crippen LogP contribution < -0.4 is 10.4 Å². The summed E-state index contributed by atoms with van der Waals surface area (Å²) in [6.45, 7) is 14.1. The van der Waals surface area contributed by atoms with Crippen LogP contribution in [-0.2, 0) is 9.47 Å². The van der Waals surface area contributed by atoms with E-state index in [9.17, 15) is 0 Å². The second kappa shape index (κ2) is 15.6. The van der Waals surface area contributed by atoms with E-state index in [1.54, 1.807) is 0 Å². The molecule has 3 heterocycles. The third-order valence-corrected chi connectivity index (χ3v) is 7.79. The summed E-state index contributed by atoms with van der Waals surface area (Å²) in [5.74, 6) is 2.07. The van der Waals surface area contributed by atoms with Crippen molar-refractivity contribution in [2.45, 2.75) is 78.6 Å². The predicted octanol–water partition coefficient (Wildman–Crippen LogP) is 6.64. The van der Waals surface area contributed by atoms with Crippen LogP contribution in [0.2, 0.25) is 0 Å². The minimum absolute atomic E-state index is 0.500. The van der Waals surface area contributed by atoms with E-state index < -0.39 is 0 Å². The fraction of sp³-hybridized carbons (Fsp3) is 0.529. The van der Waals surface area contributed by atoms with Crippen LogP contribution in [0.15, 0.2) is 53.7 Å². The zero-order valence-corrected chi connectivity index (χ0v) is 24.1. The smallest absolute Gasteiger partial charge is 0.0953 e. The molecule has 4 nitrogen and oxygen atoms in total. The highest BCUT2D eigenvalue weighted by Crippen LogP contribution is 2.33. The highest BCUT2D eigenvalue weighted by atomic mass is 16.5. The van der Waals surface area contributed by atoms with E-state index in [-0.39, 0.29) is 0 Å². The number of allylic oxidation sites excluding steroid dienone is 8. The zero-order valence-electron chi connectivity index (χ0n) is 24.1. The first-order valence-corrected chi connectivity index (χ1v) is 14.6. The summed E-state index contributed by atoms with van der Waals surface area (Å²) in [7, 11) is 0. The maximum atomic E-state index is 8.74. The largest absolute Gasteiger partial charge is 0.381 e. The average molecular weight is 515 g/mol. The maximum absolute atomic E-state index is 8.74. The van der Waals surface area contributed by atoms with Crippen molar-refractivity contribution in [2.24, 2.45) is 11.8 Å². The lowest BCUT2D eigenvalue weighted by atomic mass is 9.83. The summed E-state index contributed by atoms with van der Waals surface area (Å²) < 4.78 is 11.4. The van der Waals surface area contributed by atoms with Crippen molar-refractivity contribution in [3.05, 3.63) is 75.5 Å². The summed E-state index contributed by atoms with van der Waals surface area (Å²) in [6, 6.07) is 4.56. The van der Waals surface area contributed by atoms with E-state index in [2.05, 4.69) is 57.2 Å². The van der Waals surface area contributed by atoms with Crippen molar-refractivity contribution in [2.75, 3.05) is 26.4 Å².